The Labute approximate surface area is 128 Å². The van der Waals surface area contributed by atoms with Gasteiger partial charge in [-0.2, -0.15) is 0 Å². The number of fused-ring (bicyclic) bond motifs is 1. The number of aliphatic hydroxyl groups excluding tert-OH is 1. The van der Waals surface area contributed by atoms with Gasteiger partial charge in [0.25, 0.3) is 0 Å². The van der Waals surface area contributed by atoms with E-state index in [1.165, 1.54) is 12.1 Å². The first-order chi connectivity index (χ1) is 10.6. The van der Waals surface area contributed by atoms with Gasteiger partial charge < -0.3 is 9.52 Å². The zero-order valence-electron chi connectivity index (χ0n) is 12.5. The van der Waals surface area contributed by atoms with Gasteiger partial charge in [0.05, 0.1) is 11.8 Å². The topological polar surface area (TPSA) is 49.5 Å². The Balaban J connectivity index is 1.51. The first-order valence-electron chi connectivity index (χ1n) is 7.73. The maximum Gasteiger partial charge on any atom is 0.226 e. The number of aromatic nitrogens is 1. The molecule has 3 atom stereocenters. The van der Waals surface area contributed by atoms with Crippen LogP contribution in [0, 0.1) is 24.6 Å². The molecular weight excluding hydrogens is 283 g/mol. The monoisotopic (exact) mass is 302 g/mol. The minimum absolute atomic E-state index is 0.128. The highest BCUT2D eigenvalue weighted by atomic mass is 19.1. The van der Waals surface area contributed by atoms with Crippen molar-refractivity contribution < 1.29 is 13.9 Å². The Bertz CT molecular complexity index is 700. The number of hydrogen-bond acceptors (Lipinski definition) is 4. The van der Waals surface area contributed by atoms with Gasteiger partial charge in [0.15, 0.2) is 0 Å². The number of halogens is 1. The zero-order chi connectivity index (χ0) is 15.3. The second-order valence-electron chi connectivity index (χ2n) is 6.45. The van der Waals surface area contributed by atoms with Crippen LogP contribution in [-0.4, -0.2) is 34.2 Å². The maximum absolute atomic E-state index is 13.3. The molecule has 22 heavy (non-hydrogen) atoms. The summed E-state index contributed by atoms with van der Waals surface area (Å²) < 4.78 is 19.0. The van der Waals surface area contributed by atoms with Crippen molar-refractivity contribution in [3.63, 3.8) is 0 Å². The van der Waals surface area contributed by atoms with Gasteiger partial charge in [0.1, 0.15) is 11.6 Å². The van der Waals surface area contributed by atoms with Crippen molar-refractivity contribution in [3.8, 4) is 11.5 Å². The molecule has 0 amide bonds. The van der Waals surface area contributed by atoms with Crippen LogP contribution in [0.25, 0.3) is 11.5 Å². The Hall–Kier alpha value is -1.72. The molecule has 2 fully saturated rings. The Morgan fingerprint density at radius 2 is 2.27 bits per heavy atom. The van der Waals surface area contributed by atoms with E-state index in [2.05, 4.69) is 9.88 Å². The van der Waals surface area contributed by atoms with E-state index in [-0.39, 0.29) is 11.9 Å². The fourth-order valence-electron chi connectivity index (χ4n) is 3.62. The number of rotatable bonds is 3. The van der Waals surface area contributed by atoms with Gasteiger partial charge in [-0.25, -0.2) is 9.37 Å². The van der Waals surface area contributed by atoms with Crippen LogP contribution in [0.2, 0.25) is 0 Å². The summed E-state index contributed by atoms with van der Waals surface area (Å²) in [6, 6.07) is 6.29. The van der Waals surface area contributed by atoms with Gasteiger partial charge in [0, 0.05) is 31.1 Å². The molecule has 1 aromatic heterocycles. The molecule has 0 spiro atoms. The molecule has 1 aromatic carbocycles. The molecule has 5 heteroatoms. The van der Waals surface area contributed by atoms with E-state index in [9.17, 15) is 9.50 Å². The minimum atomic E-state index is -0.292. The molecule has 2 aromatic rings. The molecule has 0 radical (unpaired) electrons. The first-order valence-corrected chi connectivity index (χ1v) is 7.73. The average molecular weight is 302 g/mol. The fourth-order valence-corrected chi connectivity index (χ4v) is 3.62. The van der Waals surface area contributed by atoms with Crippen molar-refractivity contribution in [1.82, 2.24) is 9.88 Å². The predicted molar refractivity (Wildman–Crippen MR) is 79.5 cm³/mol. The van der Waals surface area contributed by atoms with E-state index >= 15 is 0 Å². The third-order valence-electron chi connectivity index (χ3n) is 4.94. The lowest BCUT2D eigenvalue weighted by Gasteiger charge is -2.35. The summed E-state index contributed by atoms with van der Waals surface area (Å²) in [5, 5.41) is 9.74. The molecule has 1 aliphatic carbocycles. The summed E-state index contributed by atoms with van der Waals surface area (Å²) >= 11 is 0. The minimum Gasteiger partial charge on any atom is -0.441 e. The van der Waals surface area contributed by atoms with E-state index in [4.69, 9.17) is 4.42 Å². The fraction of sp³-hybridized carbons (Fsp3) is 0.471. The van der Waals surface area contributed by atoms with Crippen LogP contribution >= 0.6 is 0 Å². The van der Waals surface area contributed by atoms with E-state index in [1.54, 1.807) is 12.1 Å². The second kappa shape index (κ2) is 5.18. The zero-order valence-corrected chi connectivity index (χ0v) is 12.5. The molecule has 0 bridgehead atoms. The molecule has 0 unspecified atom stereocenters. The maximum atomic E-state index is 13.3. The van der Waals surface area contributed by atoms with Crippen LogP contribution in [0.4, 0.5) is 4.39 Å². The van der Waals surface area contributed by atoms with Crippen molar-refractivity contribution in [2.45, 2.75) is 26.0 Å². The van der Waals surface area contributed by atoms with Crippen molar-refractivity contribution >= 4 is 0 Å². The smallest absolute Gasteiger partial charge is 0.226 e. The number of hydrogen-bond donors (Lipinski definition) is 1. The van der Waals surface area contributed by atoms with E-state index in [0.717, 1.165) is 37.5 Å². The van der Waals surface area contributed by atoms with Gasteiger partial charge in [-0.1, -0.05) is 6.07 Å². The molecule has 1 aliphatic heterocycles. The number of aryl methyl sites for hydroxylation is 1. The number of likely N-dealkylation sites (tertiary alicyclic amines) is 1. The third kappa shape index (κ3) is 2.34. The van der Waals surface area contributed by atoms with Gasteiger partial charge in [-0.15, -0.1) is 0 Å². The van der Waals surface area contributed by atoms with Crippen molar-refractivity contribution in [2.24, 2.45) is 11.8 Å². The summed E-state index contributed by atoms with van der Waals surface area (Å²) in [5.41, 5.74) is 1.56. The van der Waals surface area contributed by atoms with E-state index < -0.39 is 0 Å². The summed E-state index contributed by atoms with van der Waals surface area (Å²) in [7, 11) is 0. The normalized spacial score (nSPS) is 27.7. The van der Waals surface area contributed by atoms with Crippen LogP contribution in [-0.2, 0) is 6.54 Å². The highest BCUT2D eigenvalue weighted by molar-refractivity contribution is 5.53. The molecule has 2 heterocycles. The largest absolute Gasteiger partial charge is 0.441 e. The SMILES string of the molecule is Cc1oc(-c2cccc(F)c2)nc1CN1C[C@H]2C[C@@H](O)[C@H]2C1. The molecule has 4 rings (SSSR count). The summed E-state index contributed by atoms with van der Waals surface area (Å²) in [5.74, 6) is 2.01. The van der Waals surface area contributed by atoms with E-state index in [1.807, 2.05) is 6.92 Å². The van der Waals surface area contributed by atoms with Gasteiger partial charge in [-0.05, 0) is 37.5 Å². The second-order valence-corrected chi connectivity index (χ2v) is 6.45. The Morgan fingerprint density at radius 1 is 1.41 bits per heavy atom. The predicted octanol–water partition coefficient (Wildman–Crippen LogP) is 2.60. The van der Waals surface area contributed by atoms with Crippen LogP contribution in [0.1, 0.15) is 17.9 Å². The lowest BCUT2D eigenvalue weighted by atomic mass is 9.74. The summed E-state index contributed by atoms with van der Waals surface area (Å²) in [6.45, 7) is 4.56. The Morgan fingerprint density at radius 3 is 3.00 bits per heavy atom. The van der Waals surface area contributed by atoms with Crippen molar-refractivity contribution in [3.05, 3.63) is 41.5 Å². The quantitative estimate of drug-likeness (QED) is 0.947. The summed E-state index contributed by atoms with van der Waals surface area (Å²) in [6.07, 6.45) is 0.796. The van der Waals surface area contributed by atoms with Crippen LogP contribution < -0.4 is 0 Å². The van der Waals surface area contributed by atoms with Gasteiger partial charge in [0.2, 0.25) is 5.89 Å². The lowest BCUT2D eigenvalue weighted by Crippen LogP contribution is -2.39. The third-order valence-corrected chi connectivity index (χ3v) is 4.94. The van der Waals surface area contributed by atoms with Crippen molar-refractivity contribution in [2.75, 3.05) is 13.1 Å². The van der Waals surface area contributed by atoms with Crippen LogP contribution in [0.5, 0.6) is 0 Å². The molecule has 1 saturated heterocycles. The Kier molecular flexibility index (Phi) is 3.27. The molecule has 1 N–H and O–H groups in total. The van der Waals surface area contributed by atoms with Crippen molar-refractivity contribution in [1.29, 1.82) is 0 Å². The summed E-state index contributed by atoms with van der Waals surface area (Å²) in [4.78, 5) is 6.86. The molecule has 116 valence electrons. The highest BCUT2D eigenvalue weighted by Crippen LogP contribution is 2.41. The van der Waals surface area contributed by atoms with Gasteiger partial charge in [-0.3, -0.25) is 4.90 Å². The molecule has 2 aliphatic rings. The van der Waals surface area contributed by atoms with Crippen LogP contribution in [0.15, 0.2) is 28.7 Å². The number of aliphatic hydroxyl groups is 1. The molecular formula is C17H19FN2O2. The number of oxazole rings is 1. The number of nitrogens with zero attached hydrogens (tertiary/aromatic N) is 2. The standard InChI is InChI=1S/C17H19FN2O2/c1-10-15(9-20-7-12-6-16(21)14(12)8-20)19-17(22-10)11-3-2-4-13(18)5-11/h2-5,12,14,16,21H,6-9H2,1H3/t12-,14+,16-/m1/s1. The molecule has 4 nitrogen and oxygen atoms in total. The number of benzene rings is 1. The highest BCUT2D eigenvalue weighted by Gasteiger charge is 2.46. The van der Waals surface area contributed by atoms with Gasteiger partial charge >= 0.3 is 0 Å². The first kappa shape index (κ1) is 13.9. The lowest BCUT2D eigenvalue weighted by molar-refractivity contribution is -0.00435. The average Bonchev–Trinajstić information content (AvgIpc) is 3.00. The van der Waals surface area contributed by atoms with Crippen LogP contribution in [0.3, 0.4) is 0 Å². The van der Waals surface area contributed by atoms with E-state index in [0.29, 0.717) is 23.3 Å². The molecule has 1 saturated carbocycles.